The van der Waals surface area contributed by atoms with Gasteiger partial charge in [0.2, 0.25) is 0 Å². The molecule has 4 rings (SSSR count). The zero-order valence-electron chi connectivity index (χ0n) is 20.7. The molecule has 2 heterocycles. The highest BCUT2D eigenvalue weighted by molar-refractivity contribution is 6.46. The van der Waals surface area contributed by atoms with Crippen molar-refractivity contribution in [2.24, 2.45) is 0 Å². The second-order valence-corrected chi connectivity index (χ2v) is 10.1. The van der Waals surface area contributed by atoms with Crippen LogP contribution in [-0.2, 0) is 19.7 Å². The first-order valence-corrected chi connectivity index (χ1v) is 12.1. The molecule has 0 bridgehead atoms. The third kappa shape index (κ3) is 4.91. The number of carbonyl (C=O) groups is 2. The van der Waals surface area contributed by atoms with Crippen LogP contribution in [0.1, 0.15) is 63.3 Å². The number of phenols is 1. The monoisotopic (exact) mass is 479 g/mol. The number of ketones is 1. The molecule has 2 aromatic carbocycles. The van der Waals surface area contributed by atoms with Crippen molar-refractivity contribution in [3.63, 3.8) is 0 Å². The lowest BCUT2D eigenvalue weighted by Crippen LogP contribution is -2.36. The SMILES string of the molecule is CCOc1ccc(/C(O)=C2/C(=O)C(=O)N(CC3CCCO3)C2c2cccc(O)c2)cc1C(C)(C)C. The molecule has 0 aliphatic carbocycles. The van der Waals surface area contributed by atoms with E-state index in [4.69, 9.17) is 9.47 Å². The number of aliphatic hydroxyl groups is 1. The number of Topliss-reactive ketones (excluding diaryl/α,β-unsaturated/α-hetero) is 1. The largest absolute Gasteiger partial charge is 0.508 e. The number of carbonyl (C=O) groups excluding carboxylic acids is 2. The molecule has 0 radical (unpaired) electrons. The van der Waals surface area contributed by atoms with Crippen molar-refractivity contribution in [2.45, 2.75) is 58.1 Å². The van der Waals surface area contributed by atoms with E-state index in [1.807, 2.05) is 33.8 Å². The fourth-order valence-electron chi connectivity index (χ4n) is 4.82. The van der Waals surface area contributed by atoms with Crippen LogP contribution < -0.4 is 4.74 Å². The lowest BCUT2D eigenvalue weighted by atomic mass is 9.84. The highest BCUT2D eigenvalue weighted by Gasteiger charge is 2.47. The predicted molar refractivity (Wildman–Crippen MR) is 132 cm³/mol. The number of phenolic OH excluding ortho intramolecular Hbond substituents is 1. The molecule has 2 aliphatic heterocycles. The molecule has 7 nitrogen and oxygen atoms in total. The van der Waals surface area contributed by atoms with Gasteiger partial charge in [0.15, 0.2) is 0 Å². The molecule has 2 fully saturated rings. The summed E-state index contributed by atoms with van der Waals surface area (Å²) in [6.45, 7) is 9.39. The normalized spacial score (nSPS) is 22.1. The topological polar surface area (TPSA) is 96.3 Å². The summed E-state index contributed by atoms with van der Waals surface area (Å²) in [6.07, 6.45) is 1.52. The Hall–Kier alpha value is -3.32. The number of ether oxygens (including phenoxy) is 2. The Morgan fingerprint density at radius 1 is 1.17 bits per heavy atom. The van der Waals surface area contributed by atoms with Gasteiger partial charge in [-0.2, -0.15) is 0 Å². The molecule has 35 heavy (non-hydrogen) atoms. The molecule has 2 aromatic rings. The Bertz CT molecular complexity index is 1160. The minimum atomic E-state index is -0.837. The first-order valence-electron chi connectivity index (χ1n) is 12.1. The number of likely N-dealkylation sites (tertiary alicyclic amines) is 1. The van der Waals surface area contributed by atoms with E-state index >= 15 is 0 Å². The molecule has 7 heteroatoms. The molecule has 2 saturated heterocycles. The van der Waals surface area contributed by atoms with Crippen LogP contribution in [0.4, 0.5) is 0 Å². The quantitative estimate of drug-likeness (QED) is 0.355. The summed E-state index contributed by atoms with van der Waals surface area (Å²) >= 11 is 0. The summed E-state index contributed by atoms with van der Waals surface area (Å²) in [4.78, 5) is 27.9. The maximum atomic E-state index is 13.3. The molecule has 0 spiro atoms. The molecule has 2 aliphatic rings. The number of rotatable bonds is 6. The second kappa shape index (κ2) is 9.74. The molecule has 2 atom stereocenters. The van der Waals surface area contributed by atoms with E-state index in [-0.39, 0.29) is 35.1 Å². The summed E-state index contributed by atoms with van der Waals surface area (Å²) in [5.41, 5.74) is 1.58. The van der Waals surface area contributed by atoms with Gasteiger partial charge < -0.3 is 24.6 Å². The molecule has 0 saturated carbocycles. The Labute approximate surface area is 206 Å². The average molecular weight is 480 g/mol. The Balaban J connectivity index is 1.86. The van der Waals surface area contributed by atoms with Crippen LogP contribution in [0, 0.1) is 0 Å². The van der Waals surface area contributed by atoms with Crippen molar-refractivity contribution in [3.05, 3.63) is 64.7 Å². The summed E-state index contributed by atoms with van der Waals surface area (Å²) in [5, 5.41) is 21.6. The number of amides is 1. The van der Waals surface area contributed by atoms with E-state index < -0.39 is 17.7 Å². The van der Waals surface area contributed by atoms with Gasteiger partial charge in [-0.3, -0.25) is 9.59 Å². The lowest BCUT2D eigenvalue weighted by molar-refractivity contribution is -0.140. The standard InChI is InChI=1S/C28H33NO6/c1-5-34-22-12-11-18(15-21(22)28(2,3)4)25(31)23-24(17-8-6-9-19(30)14-17)29(27(33)26(23)32)16-20-10-7-13-35-20/h6,8-9,11-12,14-15,20,24,30-31H,5,7,10,13,16H2,1-4H3/b25-23-. The number of aliphatic hydroxyl groups excluding tert-OH is 1. The Morgan fingerprint density at radius 3 is 2.57 bits per heavy atom. The van der Waals surface area contributed by atoms with Crippen molar-refractivity contribution >= 4 is 17.4 Å². The van der Waals surface area contributed by atoms with Crippen LogP contribution in [0.2, 0.25) is 0 Å². The van der Waals surface area contributed by atoms with Crippen LogP contribution in [0.15, 0.2) is 48.0 Å². The van der Waals surface area contributed by atoms with Crippen LogP contribution >= 0.6 is 0 Å². The first kappa shape index (κ1) is 24.8. The minimum absolute atomic E-state index is 0.00242. The average Bonchev–Trinajstić information content (AvgIpc) is 3.41. The van der Waals surface area contributed by atoms with Crippen LogP contribution in [0.25, 0.3) is 5.76 Å². The van der Waals surface area contributed by atoms with Gasteiger partial charge in [-0.1, -0.05) is 32.9 Å². The van der Waals surface area contributed by atoms with Crippen molar-refractivity contribution in [1.29, 1.82) is 0 Å². The summed E-state index contributed by atoms with van der Waals surface area (Å²) in [7, 11) is 0. The maximum Gasteiger partial charge on any atom is 0.295 e. The molecule has 2 unspecified atom stereocenters. The molecule has 0 aromatic heterocycles. The maximum absolute atomic E-state index is 13.3. The van der Waals surface area contributed by atoms with E-state index in [9.17, 15) is 19.8 Å². The molecule has 186 valence electrons. The molecule has 2 N–H and O–H groups in total. The fourth-order valence-corrected chi connectivity index (χ4v) is 4.82. The smallest absolute Gasteiger partial charge is 0.295 e. The summed E-state index contributed by atoms with van der Waals surface area (Å²) in [6, 6.07) is 10.9. The van der Waals surface area contributed by atoms with Gasteiger partial charge in [-0.05, 0) is 61.1 Å². The van der Waals surface area contributed by atoms with Gasteiger partial charge in [-0.15, -0.1) is 0 Å². The molecule has 1 amide bonds. The number of nitrogens with zero attached hydrogens (tertiary/aromatic N) is 1. The lowest BCUT2D eigenvalue weighted by Gasteiger charge is -2.28. The Morgan fingerprint density at radius 2 is 1.94 bits per heavy atom. The van der Waals surface area contributed by atoms with E-state index in [0.717, 1.165) is 18.4 Å². The summed E-state index contributed by atoms with van der Waals surface area (Å²) in [5.74, 6) is -0.960. The number of benzene rings is 2. The van der Waals surface area contributed by atoms with Crippen LogP contribution in [0.3, 0.4) is 0 Å². The van der Waals surface area contributed by atoms with Crippen molar-refractivity contribution in [1.82, 2.24) is 4.90 Å². The summed E-state index contributed by atoms with van der Waals surface area (Å²) < 4.78 is 11.5. The van der Waals surface area contributed by atoms with Gasteiger partial charge in [0, 0.05) is 24.3 Å². The number of aromatic hydroxyl groups is 1. The van der Waals surface area contributed by atoms with E-state index in [2.05, 4.69) is 0 Å². The highest BCUT2D eigenvalue weighted by Crippen LogP contribution is 2.42. The number of hydrogen-bond donors (Lipinski definition) is 2. The predicted octanol–water partition coefficient (Wildman–Crippen LogP) is 4.69. The zero-order chi connectivity index (χ0) is 25.3. The highest BCUT2D eigenvalue weighted by atomic mass is 16.5. The van der Waals surface area contributed by atoms with Crippen molar-refractivity contribution in [3.8, 4) is 11.5 Å². The molecular formula is C28H33NO6. The van der Waals surface area contributed by atoms with Crippen LogP contribution in [0.5, 0.6) is 11.5 Å². The molecular weight excluding hydrogens is 446 g/mol. The van der Waals surface area contributed by atoms with E-state index in [0.29, 0.717) is 30.1 Å². The van der Waals surface area contributed by atoms with Gasteiger partial charge >= 0.3 is 0 Å². The van der Waals surface area contributed by atoms with Crippen molar-refractivity contribution in [2.75, 3.05) is 19.8 Å². The third-order valence-corrected chi connectivity index (χ3v) is 6.51. The van der Waals surface area contributed by atoms with Crippen molar-refractivity contribution < 1.29 is 29.3 Å². The van der Waals surface area contributed by atoms with Gasteiger partial charge in [0.05, 0.1) is 24.3 Å². The zero-order valence-corrected chi connectivity index (χ0v) is 20.7. The second-order valence-electron chi connectivity index (χ2n) is 10.1. The third-order valence-electron chi connectivity index (χ3n) is 6.51. The fraction of sp³-hybridized carbons (Fsp3) is 0.429. The van der Waals surface area contributed by atoms with Gasteiger partial charge in [0.1, 0.15) is 17.3 Å². The first-order chi connectivity index (χ1) is 16.6. The Kier molecular flexibility index (Phi) is 6.90. The van der Waals surface area contributed by atoms with E-state index in [1.165, 1.54) is 17.0 Å². The van der Waals surface area contributed by atoms with Gasteiger partial charge in [-0.25, -0.2) is 0 Å². The number of hydrogen-bond acceptors (Lipinski definition) is 6. The van der Waals surface area contributed by atoms with Crippen LogP contribution in [-0.4, -0.2) is 52.7 Å². The van der Waals surface area contributed by atoms with Gasteiger partial charge in [0.25, 0.3) is 11.7 Å². The van der Waals surface area contributed by atoms with E-state index in [1.54, 1.807) is 24.3 Å². The minimum Gasteiger partial charge on any atom is -0.508 e.